The Hall–Kier alpha value is -0.710. The third-order valence-corrected chi connectivity index (χ3v) is 1.97. The lowest BCUT2D eigenvalue weighted by atomic mass is 10.1. The van der Waals surface area contributed by atoms with Crippen LogP contribution >= 0.6 is 0 Å². The van der Waals surface area contributed by atoms with Crippen LogP contribution < -0.4 is 0 Å². The maximum absolute atomic E-state index is 12.3. The number of carbonyl (C=O) groups is 1. The Morgan fingerprint density at radius 2 is 2.36 bits per heavy atom. The van der Waals surface area contributed by atoms with Crippen molar-refractivity contribution in [2.45, 2.75) is 25.7 Å². The molecule has 1 saturated heterocycles. The molecule has 14 heavy (non-hydrogen) atoms. The van der Waals surface area contributed by atoms with Gasteiger partial charge < -0.3 is 9.47 Å². The number of carbonyl (C=O) groups excluding carboxylic acids is 1. The third-order valence-electron chi connectivity index (χ3n) is 1.97. The van der Waals surface area contributed by atoms with E-state index in [1.54, 1.807) is 0 Å². The van der Waals surface area contributed by atoms with Gasteiger partial charge in [-0.25, -0.2) is 8.78 Å². The van der Waals surface area contributed by atoms with Gasteiger partial charge in [0.2, 0.25) is 5.92 Å². The zero-order chi connectivity index (χ0) is 10.6. The monoisotopic (exact) mass is 208 g/mol. The summed E-state index contributed by atoms with van der Waals surface area (Å²) in [6.07, 6.45) is 0.0526. The van der Waals surface area contributed by atoms with Crippen LogP contribution in [0.5, 0.6) is 0 Å². The summed E-state index contributed by atoms with van der Waals surface area (Å²) in [7, 11) is 0. The van der Waals surface area contributed by atoms with Crippen molar-refractivity contribution >= 4 is 5.97 Å². The number of alkyl halides is 2. The molecule has 0 N–H and O–H groups in total. The molecule has 1 unspecified atom stereocenters. The molecular weight excluding hydrogens is 194 g/mol. The van der Waals surface area contributed by atoms with Crippen molar-refractivity contribution in [3.05, 3.63) is 0 Å². The second-order valence-corrected chi connectivity index (χ2v) is 3.65. The Balaban J connectivity index is 2.02. The molecule has 0 aromatic heterocycles. The highest BCUT2D eigenvalue weighted by atomic mass is 19.3. The quantitative estimate of drug-likeness (QED) is 0.508. The first kappa shape index (κ1) is 11.4. The number of hydrogen-bond acceptors (Lipinski definition) is 3. The average Bonchev–Trinajstić information content (AvgIpc) is 2.44. The maximum atomic E-state index is 12.3. The first-order chi connectivity index (χ1) is 6.47. The minimum atomic E-state index is -2.68. The second kappa shape index (κ2) is 4.68. The van der Waals surface area contributed by atoms with Crippen molar-refractivity contribution in [1.29, 1.82) is 0 Å². The van der Waals surface area contributed by atoms with E-state index in [9.17, 15) is 13.6 Å². The number of ether oxygens (including phenoxy) is 2. The normalized spacial score (nSPS) is 22.5. The second-order valence-electron chi connectivity index (χ2n) is 3.65. The molecule has 0 radical (unpaired) electrons. The highest BCUT2D eigenvalue weighted by molar-refractivity contribution is 5.71. The van der Waals surface area contributed by atoms with Gasteiger partial charge in [-0.15, -0.1) is 0 Å². The Kier molecular flexibility index (Phi) is 3.80. The van der Waals surface area contributed by atoms with Crippen molar-refractivity contribution in [2.75, 3.05) is 19.8 Å². The lowest BCUT2D eigenvalue weighted by Gasteiger charge is -2.11. The molecule has 0 aromatic carbocycles. The number of esters is 1. The molecule has 5 heteroatoms. The molecular formula is C9H14F2O3. The Morgan fingerprint density at radius 1 is 1.64 bits per heavy atom. The van der Waals surface area contributed by atoms with Crippen LogP contribution in [0.15, 0.2) is 0 Å². The largest absolute Gasteiger partial charge is 0.465 e. The fraction of sp³-hybridized carbons (Fsp3) is 0.889. The summed E-state index contributed by atoms with van der Waals surface area (Å²) in [6, 6.07) is 0. The molecule has 1 atom stereocenters. The van der Waals surface area contributed by atoms with Gasteiger partial charge in [0, 0.05) is 12.3 Å². The van der Waals surface area contributed by atoms with Crippen molar-refractivity contribution in [1.82, 2.24) is 0 Å². The zero-order valence-corrected chi connectivity index (χ0v) is 8.09. The maximum Gasteiger partial charge on any atom is 0.306 e. The fourth-order valence-corrected chi connectivity index (χ4v) is 1.17. The number of halogens is 2. The number of rotatable bonds is 5. The molecule has 1 aliphatic heterocycles. The number of cyclic esters (lactones) is 1. The highest BCUT2D eigenvalue weighted by Gasteiger charge is 2.25. The van der Waals surface area contributed by atoms with E-state index in [1.165, 1.54) is 0 Å². The highest BCUT2D eigenvalue weighted by Crippen LogP contribution is 2.18. The van der Waals surface area contributed by atoms with E-state index in [4.69, 9.17) is 9.47 Å². The first-order valence-corrected chi connectivity index (χ1v) is 4.58. The van der Waals surface area contributed by atoms with E-state index in [0.29, 0.717) is 19.6 Å². The van der Waals surface area contributed by atoms with E-state index in [1.807, 2.05) is 0 Å². The summed E-state index contributed by atoms with van der Waals surface area (Å²) in [5.41, 5.74) is 0. The lowest BCUT2D eigenvalue weighted by Crippen LogP contribution is -2.16. The molecule has 0 amide bonds. The summed E-state index contributed by atoms with van der Waals surface area (Å²) in [4.78, 5) is 10.6. The predicted octanol–water partition coefficient (Wildman–Crippen LogP) is 1.61. The van der Waals surface area contributed by atoms with E-state index < -0.39 is 5.92 Å². The number of hydrogen-bond donors (Lipinski definition) is 0. The Bertz CT molecular complexity index is 201. The van der Waals surface area contributed by atoms with Gasteiger partial charge in [0.1, 0.15) is 0 Å². The van der Waals surface area contributed by atoms with Crippen LogP contribution in [0.4, 0.5) is 8.78 Å². The lowest BCUT2D eigenvalue weighted by molar-refractivity contribution is -0.137. The van der Waals surface area contributed by atoms with Crippen LogP contribution in [-0.4, -0.2) is 31.7 Å². The van der Waals surface area contributed by atoms with Crippen LogP contribution in [0, 0.1) is 5.92 Å². The van der Waals surface area contributed by atoms with Crippen LogP contribution in [0.1, 0.15) is 19.8 Å². The molecule has 1 heterocycles. The van der Waals surface area contributed by atoms with Crippen molar-refractivity contribution < 1.29 is 23.0 Å². The summed E-state index contributed by atoms with van der Waals surface area (Å²) in [6.45, 7) is 1.55. The summed E-state index contributed by atoms with van der Waals surface area (Å²) >= 11 is 0. The van der Waals surface area contributed by atoms with Gasteiger partial charge in [-0.3, -0.25) is 4.79 Å². The van der Waals surface area contributed by atoms with Gasteiger partial charge in [0.25, 0.3) is 0 Å². The molecule has 0 aromatic rings. The van der Waals surface area contributed by atoms with E-state index >= 15 is 0 Å². The summed E-state index contributed by atoms with van der Waals surface area (Å²) in [5, 5.41) is 0. The molecule has 0 spiro atoms. The Morgan fingerprint density at radius 3 is 2.86 bits per heavy atom. The van der Waals surface area contributed by atoms with Crippen molar-refractivity contribution in [2.24, 2.45) is 5.92 Å². The zero-order valence-electron chi connectivity index (χ0n) is 8.09. The molecule has 3 nitrogen and oxygen atoms in total. The summed E-state index contributed by atoms with van der Waals surface area (Å²) in [5.74, 6) is -2.88. The van der Waals surface area contributed by atoms with Crippen molar-refractivity contribution in [3.63, 3.8) is 0 Å². The van der Waals surface area contributed by atoms with Gasteiger partial charge in [0.05, 0.1) is 26.2 Å². The van der Waals surface area contributed by atoms with Gasteiger partial charge in [-0.05, 0) is 6.92 Å². The van der Waals surface area contributed by atoms with Gasteiger partial charge in [-0.1, -0.05) is 0 Å². The fourth-order valence-electron chi connectivity index (χ4n) is 1.17. The van der Waals surface area contributed by atoms with Crippen LogP contribution in [0.25, 0.3) is 0 Å². The smallest absolute Gasteiger partial charge is 0.306 e. The van der Waals surface area contributed by atoms with Crippen LogP contribution in [0.2, 0.25) is 0 Å². The standard InChI is InChI=1S/C9H14F2O3/c1-9(10,11)2-3-13-5-7-4-8(12)14-6-7/h7H,2-6H2,1H3. The van der Waals surface area contributed by atoms with Crippen LogP contribution in [-0.2, 0) is 14.3 Å². The van der Waals surface area contributed by atoms with E-state index in [-0.39, 0.29) is 24.9 Å². The Labute approximate surface area is 81.4 Å². The van der Waals surface area contributed by atoms with Crippen molar-refractivity contribution in [3.8, 4) is 0 Å². The predicted molar refractivity (Wildman–Crippen MR) is 45.1 cm³/mol. The molecule has 0 aliphatic carbocycles. The van der Waals surface area contributed by atoms with Gasteiger partial charge in [0.15, 0.2) is 0 Å². The topological polar surface area (TPSA) is 35.5 Å². The van der Waals surface area contributed by atoms with Crippen LogP contribution in [0.3, 0.4) is 0 Å². The summed E-state index contributed by atoms with van der Waals surface area (Å²) < 4.78 is 34.4. The van der Waals surface area contributed by atoms with E-state index in [2.05, 4.69) is 0 Å². The SMILES string of the molecule is CC(F)(F)CCOCC1COC(=O)C1. The molecule has 82 valence electrons. The molecule has 1 rings (SSSR count). The molecule has 0 saturated carbocycles. The first-order valence-electron chi connectivity index (χ1n) is 4.58. The average molecular weight is 208 g/mol. The molecule has 1 aliphatic rings. The van der Waals surface area contributed by atoms with Gasteiger partial charge in [-0.2, -0.15) is 0 Å². The van der Waals surface area contributed by atoms with E-state index in [0.717, 1.165) is 6.92 Å². The third kappa shape index (κ3) is 4.50. The molecule has 1 fully saturated rings. The minimum Gasteiger partial charge on any atom is -0.465 e. The minimum absolute atomic E-state index is 0.0220. The van der Waals surface area contributed by atoms with Gasteiger partial charge >= 0.3 is 5.97 Å². The molecule has 0 bridgehead atoms.